The molecule has 0 N–H and O–H groups in total. The highest BCUT2D eigenvalue weighted by Gasteiger charge is 2.30. The molecule has 0 aromatic heterocycles. The standard InChI is InChI=1S/C9H20NO3P/c1-12-14(11,13-2)10-8-6-4-3-5-7-9-10/h3-9H2,1-2H3. The average Bonchev–Trinajstić information content (AvgIpc) is 2.16. The molecule has 0 aromatic carbocycles. The maximum Gasteiger partial charge on any atom is 0.407 e. The van der Waals surface area contributed by atoms with Gasteiger partial charge in [-0.25, -0.2) is 9.24 Å². The summed E-state index contributed by atoms with van der Waals surface area (Å²) in [6, 6.07) is 0. The van der Waals surface area contributed by atoms with Crippen LogP contribution in [0.25, 0.3) is 0 Å². The maximum absolute atomic E-state index is 12.1. The van der Waals surface area contributed by atoms with Gasteiger partial charge in [0.05, 0.1) is 0 Å². The molecule has 0 saturated carbocycles. The zero-order chi connectivity index (χ0) is 10.4. The Kier molecular flexibility index (Phi) is 5.10. The SMILES string of the molecule is COP(=O)(OC)N1CCCCCCC1. The quantitative estimate of drug-likeness (QED) is 0.687. The molecule has 0 spiro atoms. The summed E-state index contributed by atoms with van der Waals surface area (Å²) in [6.45, 7) is 1.64. The monoisotopic (exact) mass is 221 g/mol. The van der Waals surface area contributed by atoms with E-state index in [1.54, 1.807) is 0 Å². The van der Waals surface area contributed by atoms with Gasteiger partial charge in [-0.2, -0.15) is 0 Å². The summed E-state index contributed by atoms with van der Waals surface area (Å²) >= 11 is 0. The lowest BCUT2D eigenvalue weighted by Crippen LogP contribution is -2.25. The van der Waals surface area contributed by atoms with Crippen LogP contribution in [-0.4, -0.2) is 32.0 Å². The van der Waals surface area contributed by atoms with Crippen LogP contribution in [0, 0.1) is 0 Å². The van der Waals surface area contributed by atoms with Gasteiger partial charge in [0, 0.05) is 27.3 Å². The van der Waals surface area contributed by atoms with E-state index in [9.17, 15) is 4.57 Å². The van der Waals surface area contributed by atoms with Gasteiger partial charge in [-0.05, 0) is 12.8 Å². The van der Waals surface area contributed by atoms with Crippen LogP contribution in [0.4, 0.5) is 0 Å². The van der Waals surface area contributed by atoms with Crippen LogP contribution in [0.3, 0.4) is 0 Å². The van der Waals surface area contributed by atoms with Crippen molar-refractivity contribution in [1.29, 1.82) is 0 Å². The van der Waals surface area contributed by atoms with Gasteiger partial charge in [-0.15, -0.1) is 0 Å². The molecule has 0 amide bonds. The molecule has 1 heterocycles. The molecular weight excluding hydrogens is 201 g/mol. The molecule has 1 rings (SSSR count). The van der Waals surface area contributed by atoms with Crippen LogP contribution in [-0.2, 0) is 13.6 Å². The molecule has 1 aliphatic heterocycles. The summed E-state index contributed by atoms with van der Waals surface area (Å²) in [6.07, 6.45) is 5.87. The van der Waals surface area contributed by atoms with Gasteiger partial charge in [-0.1, -0.05) is 19.3 Å². The van der Waals surface area contributed by atoms with Crippen molar-refractivity contribution in [1.82, 2.24) is 4.67 Å². The van der Waals surface area contributed by atoms with Crippen LogP contribution in [0.1, 0.15) is 32.1 Å². The minimum Gasteiger partial charge on any atom is -0.300 e. The smallest absolute Gasteiger partial charge is 0.300 e. The van der Waals surface area contributed by atoms with Crippen LogP contribution < -0.4 is 0 Å². The number of hydrogen-bond donors (Lipinski definition) is 0. The van der Waals surface area contributed by atoms with Gasteiger partial charge in [0.1, 0.15) is 0 Å². The van der Waals surface area contributed by atoms with E-state index in [0.717, 1.165) is 25.9 Å². The minimum atomic E-state index is -2.97. The highest BCUT2D eigenvalue weighted by atomic mass is 31.2. The van der Waals surface area contributed by atoms with Crippen molar-refractivity contribution in [3.8, 4) is 0 Å². The summed E-state index contributed by atoms with van der Waals surface area (Å²) in [5.41, 5.74) is 0. The molecule has 0 atom stereocenters. The molecule has 1 saturated heterocycles. The van der Waals surface area contributed by atoms with E-state index in [0.29, 0.717) is 0 Å². The third-order valence-electron chi connectivity index (χ3n) is 2.64. The molecule has 0 aliphatic carbocycles. The van der Waals surface area contributed by atoms with E-state index >= 15 is 0 Å². The highest BCUT2D eigenvalue weighted by molar-refractivity contribution is 7.51. The van der Waals surface area contributed by atoms with Crippen LogP contribution in [0.2, 0.25) is 0 Å². The van der Waals surface area contributed by atoms with Crippen molar-refractivity contribution in [2.45, 2.75) is 32.1 Å². The van der Waals surface area contributed by atoms with Gasteiger partial charge in [-0.3, -0.25) is 9.05 Å². The first kappa shape index (κ1) is 12.2. The summed E-state index contributed by atoms with van der Waals surface area (Å²) < 4.78 is 23.9. The molecule has 84 valence electrons. The second-order valence-corrected chi connectivity index (χ2v) is 5.79. The van der Waals surface area contributed by atoms with Gasteiger partial charge < -0.3 is 0 Å². The van der Waals surface area contributed by atoms with Crippen LogP contribution >= 0.6 is 7.75 Å². The summed E-state index contributed by atoms with van der Waals surface area (Å²) in [5, 5.41) is 0. The summed E-state index contributed by atoms with van der Waals surface area (Å²) in [4.78, 5) is 0. The van der Waals surface area contributed by atoms with E-state index in [1.807, 2.05) is 4.67 Å². The lowest BCUT2D eigenvalue weighted by Gasteiger charge is -2.29. The van der Waals surface area contributed by atoms with Crippen LogP contribution in [0.5, 0.6) is 0 Å². The Hall–Kier alpha value is 0.110. The average molecular weight is 221 g/mol. The largest absolute Gasteiger partial charge is 0.407 e. The Morgan fingerprint density at radius 1 is 0.929 bits per heavy atom. The normalized spacial score (nSPS) is 21.6. The second kappa shape index (κ2) is 5.86. The Balaban J connectivity index is 2.58. The first-order chi connectivity index (χ1) is 6.73. The van der Waals surface area contributed by atoms with Crippen molar-refractivity contribution in [3.05, 3.63) is 0 Å². The second-order valence-electron chi connectivity index (χ2n) is 3.56. The Labute approximate surface area is 86.2 Å². The number of rotatable bonds is 3. The first-order valence-electron chi connectivity index (χ1n) is 5.20. The van der Waals surface area contributed by atoms with Gasteiger partial charge in [0.15, 0.2) is 0 Å². The van der Waals surface area contributed by atoms with Crippen LogP contribution in [0.15, 0.2) is 0 Å². The fourth-order valence-electron chi connectivity index (χ4n) is 1.78. The lowest BCUT2D eigenvalue weighted by atomic mass is 10.1. The minimum absolute atomic E-state index is 0.818. The van der Waals surface area contributed by atoms with Crippen molar-refractivity contribution < 1.29 is 13.6 Å². The van der Waals surface area contributed by atoms with E-state index in [2.05, 4.69) is 0 Å². The fourth-order valence-corrected chi connectivity index (χ4v) is 3.16. The molecule has 1 aliphatic rings. The molecule has 0 aromatic rings. The molecule has 0 radical (unpaired) electrons. The van der Waals surface area contributed by atoms with Crippen molar-refractivity contribution in [2.24, 2.45) is 0 Å². The third-order valence-corrected chi connectivity index (χ3v) is 4.66. The summed E-state index contributed by atoms with van der Waals surface area (Å²) in [7, 11) is -0.0754. The topological polar surface area (TPSA) is 38.8 Å². The van der Waals surface area contributed by atoms with E-state index in [1.165, 1.54) is 33.5 Å². The van der Waals surface area contributed by atoms with Gasteiger partial charge in [0.25, 0.3) is 0 Å². The zero-order valence-corrected chi connectivity index (χ0v) is 9.96. The molecule has 14 heavy (non-hydrogen) atoms. The fraction of sp³-hybridized carbons (Fsp3) is 1.00. The molecule has 5 heteroatoms. The Morgan fingerprint density at radius 2 is 1.36 bits per heavy atom. The highest BCUT2D eigenvalue weighted by Crippen LogP contribution is 2.50. The Morgan fingerprint density at radius 3 is 1.79 bits per heavy atom. The van der Waals surface area contributed by atoms with E-state index in [4.69, 9.17) is 9.05 Å². The zero-order valence-electron chi connectivity index (χ0n) is 9.07. The van der Waals surface area contributed by atoms with E-state index in [-0.39, 0.29) is 0 Å². The maximum atomic E-state index is 12.1. The van der Waals surface area contributed by atoms with E-state index < -0.39 is 7.75 Å². The predicted molar refractivity (Wildman–Crippen MR) is 56.3 cm³/mol. The molecular formula is C9H20NO3P. The summed E-state index contributed by atoms with van der Waals surface area (Å²) in [5.74, 6) is 0. The predicted octanol–water partition coefficient (Wildman–Crippen LogP) is 2.65. The first-order valence-corrected chi connectivity index (χ1v) is 6.69. The molecule has 1 fully saturated rings. The lowest BCUT2D eigenvalue weighted by molar-refractivity contribution is 0.200. The van der Waals surface area contributed by atoms with Crippen molar-refractivity contribution >= 4 is 7.75 Å². The molecule has 0 bridgehead atoms. The van der Waals surface area contributed by atoms with Gasteiger partial charge in [0.2, 0.25) is 0 Å². The number of nitrogens with zero attached hydrogens (tertiary/aromatic N) is 1. The molecule has 4 nitrogen and oxygen atoms in total. The number of hydrogen-bond acceptors (Lipinski definition) is 3. The van der Waals surface area contributed by atoms with Gasteiger partial charge >= 0.3 is 7.75 Å². The van der Waals surface area contributed by atoms with Crippen molar-refractivity contribution in [2.75, 3.05) is 27.3 Å². The third kappa shape index (κ3) is 3.06. The molecule has 0 unspecified atom stereocenters. The Bertz CT molecular complexity index is 194. The van der Waals surface area contributed by atoms with Crippen molar-refractivity contribution in [3.63, 3.8) is 0 Å².